The zero-order chi connectivity index (χ0) is 19.3. The van der Waals surface area contributed by atoms with Crippen molar-refractivity contribution in [3.8, 4) is 0 Å². The summed E-state index contributed by atoms with van der Waals surface area (Å²) in [6.07, 6.45) is 3.29. The molecule has 0 unspecified atom stereocenters. The van der Waals surface area contributed by atoms with Gasteiger partial charge < -0.3 is 10.6 Å². The highest BCUT2D eigenvalue weighted by atomic mass is 32.2. The summed E-state index contributed by atoms with van der Waals surface area (Å²) in [7, 11) is -3.83. The van der Waals surface area contributed by atoms with Crippen LogP contribution in [0.15, 0.2) is 82.8 Å². The van der Waals surface area contributed by atoms with Crippen molar-refractivity contribution in [2.24, 2.45) is 0 Å². The van der Waals surface area contributed by atoms with E-state index in [1.165, 1.54) is 42.5 Å². The first kappa shape index (κ1) is 18.5. The number of anilines is 1. The van der Waals surface area contributed by atoms with Crippen molar-refractivity contribution in [3.05, 3.63) is 84.4 Å². The molecule has 0 saturated carbocycles. The molecule has 0 spiro atoms. The minimum absolute atomic E-state index is 0.00872. The molecule has 2 amide bonds. The third-order valence-electron chi connectivity index (χ3n) is 3.70. The molecule has 6 nitrogen and oxygen atoms in total. The quantitative estimate of drug-likeness (QED) is 0.705. The lowest BCUT2D eigenvalue weighted by Crippen LogP contribution is -2.28. The summed E-state index contributed by atoms with van der Waals surface area (Å²) in [4.78, 5) is 15.8. The molecule has 1 aromatic heterocycles. The molecule has 138 valence electrons. The van der Waals surface area contributed by atoms with Crippen molar-refractivity contribution in [3.63, 3.8) is 0 Å². The Labute approximate surface area is 156 Å². The smallest absolute Gasteiger partial charge is 0.319 e. The van der Waals surface area contributed by atoms with Crippen LogP contribution in [0.3, 0.4) is 0 Å². The van der Waals surface area contributed by atoms with E-state index in [2.05, 4.69) is 15.6 Å². The number of nitrogens with zero attached hydrogens (tertiary/aromatic N) is 1. The van der Waals surface area contributed by atoms with Gasteiger partial charge in [-0.05, 0) is 54.1 Å². The van der Waals surface area contributed by atoms with Crippen LogP contribution >= 0.6 is 0 Å². The summed E-state index contributed by atoms with van der Waals surface area (Å²) in [5.41, 5.74) is 1.28. The predicted molar refractivity (Wildman–Crippen MR) is 98.4 cm³/mol. The second-order valence-electron chi connectivity index (χ2n) is 5.65. The van der Waals surface area contributed by atoms with Crippen LogP contribution < -0.4 is 10.6 Å². The lowest BCUT2D eigenvalue weighted by molar-refractivity contribution is 0.251. The van der Waals surface area contributed by atoms with Crippen molar-refractivity contribution in [2.45, 2.75) is 16.3 Å². The molecular weight excluding hydrogens is 369 g/mol. The summed E-state index contributed by atoms with van der Waals surface area (Å²) < 4.78 is 38.3. The molecule has 3 rings (SSSR count). The molecule has 0 aliphatic rings. The molecule has 27 heavy (non-hydrogen) atoms. The van der Waals surface area contributed by atoms with Crippen LogP contribution in [0.25, 0.3) is 0 Å². The van der Waals surface area contributed by atoms with Crippen molar-refractivity contribution < 1.29 is 17.6 Å². The van der Waals surface area contributed by atoms with E-state index in [1.807, 2.05) is 6.07 Å². The van der Waals surface area contributed by atoms with Crippen molar-refractivity contribution in [2.75, 3.05) is 5.32 Å². The Bertz CT molecular complexity index is 1040. The van der Waals surface area contributed by atoms with E-state index in [-0.39, 0.29) is 9.79 Å². The van der Waals surface area contributed by atoms with Crippen LogP contribution in [-0.4, -0.2) is 19.4 Å². The van der Waals surface area contributed by atoms with Gasteiger partial charge in [0, 0.05) is 24.6 Å². The van der Waals surface area contributed by atoms with Gasteiger partial charge in [0.1, 0.15) is 5.82 Å². The lowest BCUT2D eigenvalue weighted by Gasteiger charge is -2.09. The number of carbonyl (C=O) groups excluding carboxylic acids is 1. The maximum atomic E-state index is 13.3. The van der Waals surface area contributed by atoms with E-state index in [9.17, 15) is 17.6 Å². The topological polar surface area (TPSA) is 88.2 Å². The van der Waals surface area contributed by atoms with Crippen LogP contribution in [-0.2, 0) is 16.4 Å². The maximum absolute atomic E-state index is 13.3. The molecule has 8 heteroatoms. The molecule has 0 radical (unpaired) electrons. The number of amides is 2. The highest BCUT2D eigenvalue weighted by Crippen LogP contribution is 2.22. The highest BCUT2D eigenvalue weighted by molar-refractivity contribution is 7.91. The summed E-state index contributed by atoms with van der Waals surface area (Å²) in [6, 6.07) is 13.6. The number of carbonyl (C=O) groups is 1. The molecule has 0 fully saturated rings. The Morgan fingerprint density at radius 2 is 1.78 bits per heavy atom. The van der Waals surface area contributed by atoms with Gasteiger partial charge in [0.2, 0.25) is 9.84 Å². The number of aromatic nitrogens is 1. The summed E-state index contributed by atoms with van der Waals surface area (Å²) in [5, 5.41) is 5.29. The van der Waals surface area contributed by atoms with Gasteiger partial charge in [-0.3, -0.25) is 4.98 Å². The van der Waals surface area contributed by atoms with Gasteiger partial charge in [-0.2, -0.15) is 0 Å². The number of urea groups is 1. The Kier molecular flexibility index (Phi) is 5.46. The molecule has 3 aromatic rings. The van der Waals surface area contributed by atoms with Gasteiger partial charge in [-0.1, -0.05) is 12.1 Å². The van der Waals surface area contributed by atoms with Crippen molar-refractivity contribution >= 4 is 21.6 Å². The minimum Gasteiger partial charge on any atom is -0.334 e. The van der Waals surface area contributed by atoms with Crippen molar-refractivity contribution in [1.82, 2.24) is 10.3 Å². The maximum Gasteiger partial charge on any atom is 0.319 e. The number of rotatable bonds is 5. The second kappa shape index (κ2) is 7.96. The first-order chi connectivity index (χ1) is 12.9. The average Bonchev–Trinajstić information content (AvgIpc) is 2.68. The number of pyridine rings is 1. The Hall–Kier alpha value is -3.26. The van der Waals surface area contributed by atoms with Crippen LogP contribution in [0.5, 0.6) is 0 Å². The average molecular weight is 385 g/mol. The third kappa shape index (κ3) is 4.68. The Morgan fingerprint density at radius 3 is 2.44 bits per heavy atom. The molecule has 1 heterocycles. The van der Waals surface area contributed by atoms with E-state index in [0.29, 0.717) is 12.2 Å². The summed E-state index contributed by atoms with van der Waals surface area (Å²) in [5.74, 6) is -0.625. The van der Waals surface area contributed by atoms with Gasteiger partial charge in [0.25, 0.3) is 0 Å². The van der Waals surface area contributed by atoms with E-state index in [4.69, 9.17) is 0 Å². The lowest BCUT2D eigenvalue weighted by atomic mass is 10.3. The van der Waals surface area contributed by atoms with Gasteiger partial charge in [0.05, 0.1) is 9.79 Å². The van der Waals surface area contributed by atoms with Crippen molar-refractivity contribution in [1.29, 1.82) is 0 Å². The standard InChI is InChI=1S/C19H16FN3O3S/c20-15-4-1-5-18(11-15)27(25,26)17-8-6-16(7-9-17)23-19(24)22-13-14-3-2-10-21-12-14/h1-12H,13H2,(H2,22,23,24). The van der Waals surface area contributed by atoms with E-state index >= 15 is 0 Å². The molecule has 2 aromatic carbocycles. The second-order valence-corrected chi connectivity index (χ2v) is 7.60. The first-order valence-corrected chi connectivity index (χ1v) is 9.48. The fourth-order valence-electron chi connectivity index (χ4n) is 2.35. The molecule has 0 atom stereocenters. The van der Waals surface area contributed by atoms with Crippen LogP contribution in [0.1, 0.15) is 5.56 Å². The first-order valence-electron chi connectivity index (χ1n) is 7.99. The monoisotopic (exact) mass is 385 g/mol. The molecule has 0 bridgehead atoms. The molecule has 0 saturated heterocycles. The zero-order valence-corrected chi connectivity index (χ0v) is 14.9. The van der Waals surface area contributed by atoms with Gasteiger partial charge >= 0.3 is 6.03 Å². The fraction of sp³-hybridized carbons (Fsp3) is 0.0526. The number of sulfone groups is 1. The van der Waals surface area contributed by atoms with Crippen LogP contribution in [0.2, 0.25) is 0 Å². The number of hydrogen-bond acceptors (Lipinski definition) is 4. The largest absolute Gasteiger partial charge is 0.334 e. The predicted octanol–water partition coefficient (Wildman–Crippen LogP) is 3.38. The van der Waals surface area contributed by atoms with E-state index in [1.54, 1.807) is 18.5 Å². The molecule has 0 aliphatic heterocycles. The number of hydrogen-bond donors (Lipinski definition) is 2. The normalized spacial score (nSPS) is 11.0. The molecule has 2 N–H and O–H groups in total. The summed E-state index contributed by atoms with van der Waals surface area (Å²) in [6.45, 7) is 0.311. The van der Waals surface area contributed by atoms with Crippen LogP contribution in [0, 0.1) is 5.82 Å². The Balaban J connectivity index is 1.65. The minimum atomic E-state index is -3.83. The molecular formula is C19H16FN3O3S. The SMILES string of the molecule is O=C(NCc1cccnc1)Nc1ccc(S(=O)(=O)c2cccc(F)c2)cc1. The van der Waals surface area contributed by atoms with Crippen LogP contribution in [0.4, 0.5) is 14.9 Å². The highest BCUT2D eigenvalue weighted by Gasteiger charge is 2.18. The third-order valence-corrected chi connectivity index (χ3v) is 5.47. The van der Waals surface area contributed by atoms with E-state index in [0.717, 1.165) is 11.6 Å². The van der Waals surface area contributed by atoms with Gasteiger partial charge in [-0.25, -0.2) is 17.6 Å². The number of halogens is 1. The summed E-state index contributed by atoms with van der Waals surface area (Å²) >= 11 is 0. The fourth-order valence-corrected chi connectivity index (χ4v) is 3.64. The Morgan fingerprint density at radius 1 is 1.00 bits per heavy atom. The number of nitrogens with one attached hydrogen (secondary N) is 2. The van der Waals surface area contributed by atoms with Gasteiger partial charge in [0.15, 0.2) is 0 Å². The molecule has 0 aliphatic carbocycles. The van der Waals surface area contributed by atoms with E-state index < -0.39 is 21.7 Å². The zero-order valence-electron chi connectivity index (χ0n) is 14.1. The van der Waals surface area contributed by atoms with Gasteiger partial charge in [-0.15, -0.1) is 0 Å². The number of benzene rings is 2.